The molecule has 8 N–H and O–H groups in total. The zero-order chi connectivity index (χ0) is 17.3. The van der Waals surface area contributed by atoms with Crippen LogP contribution in [-0.2, 0) is 0 Å². The summed E-state index contributed by atoms with van der Waals surface area (Å²) in [7, 11) is 0. The van der Waals surface area contributed by atoms with Crippen molar-refractivity contribution in [2.24, 2.45) is 5.92 Å². The maximum absolute atomic E-state index is 10.2. The SMILES string of the molecule is C[C@@H]1C(CO)=C[C@H](N[C@H]2C=C(CO)[C@@H](O)[C@H](O)[C@H]2O)[C@H](O)[C@H]1O. The highest BCUT2D eigenvalue weighted by atomic mass is 16.4. The molecule has 0 heterocycles. The van der Waals surface area contributed by atoms with Crippen LogP contribution in [0.1, 0.15) is 6.92 Å². The molecule has 23 heavy (non-hydrogen) atoms. The lowest BCUT2D eigenvalue weighted by Crippen LogP contribution is -2.60. The van der Waals surface area contributed by atoms with Gasteiger partial charge >= 0.3 is 0 Å². The van der Waals surface area contributed by atoms with Gasteiger partial charge in [-0.25, -0.2) is 0 Å². The van der Waals surface area contributed by atoms with Crippen molar-refractivity contribution in [1.82, 2.24) is 5.32 Å². The van der Waals surface area contributed by atoms with Gasteiger partial charge in [-0.1, -0.05) is 19.1 Å². The Morgan fingerprint density at radius 2 is 1.26 bits per heavy atom. The van der Waals surface area contributed by atoms with Crippen LogP contribution in [0.15, 0.2) is 23.3 Å². The van der Waals surface area contributed by atoms with Crippen molar-refractivity contribution in [3.63, 3.8) is 0 Å². The first kappa shape index (κ1) is 18.5. The van der Waals surface area contributed by atoms with Crippen molar-refractivity contribution in [3.8, 4) is 0 Å². The predicted molar refractivity (Wildman–Crippen MR) is 80.2 cm³/mol. The summed E-state index contributed by atoms with van der Waals surface area (Å²) < 4.78 is 0. The molecule has 0 unspecified atom stereocenters. The molecule has 8 atom stereocenters. The standard InChI is InChI=1S/C15H25NO7/c1-6-7(4-17)2-9(13(21)11(6)19)16-10-3-8(5-18)12(20)15(23)14(10)22/h2-3,6,9-23H,4-5H2,1H3/t6-,9+,10+,11+,12-,13+,14+,15+/m1/s1. The molecule has 8 heteroatoms. The largest absolute Gasteiger partial charge is 0.392 e. The third-order valence-corrected chi connectivity index (χ3v) is 4.77. The zero-order valence-corrected chi connectivity index (χ0v) is 12.8. The third-order valence-electron chi connectivity index (χ3n) is 4.77. The molecule has 2 aliphatic rings. The Balaban J connectivity index is 2.23. The Labute approximate surface area is 134 Å². The van der Waals surface area contributed by atoms with Crippen LogP contribution in [0.2, 0.25) is 0 Å². The summed E-state index contributed by atoms with van der Waals surface area (Å²) in [6.07, 6.45) is -3.47. The minimum absolute atomic E-state index is 0.158. The van der Waals surface area contributed by atoms with Crippen molar-refractivity contribution >= 4 is 0 Å². The first-order chi connectivity index (χ1) is 10.8. The summed E-state index contributed by atoms with van der Waals surface area (Å²) in [5.41, 5.74) is 0.712. The summed E-state index contributed by atoms with van der Waals surface area (Å²) in [5.74, 6) is -0.403. The van der Waals surface area contributed by atoms with E-state index in [1.807, 2.05) is 0 Å². The van der Waals surface area contributed by atoms with Gasteiger partial charge < -0.3 is 35.7 Å². The molecule has 132 valence electrons. The number of aliphatic hydroxyl groups is 7. The molecule has 0 spiro atoms. The van der Waals surface area contributed by atoms with Crippen molar-refractivity contribution in [2.45, 2.75) is 49.5 Å². The van der Waals surface area contributed by atoms with Gasteiger partial charge in [0.15, 0.2) is 0 Å². The molecule has 0 radical (unpaired) electrons. The third kappa shape index (κ3) is 3.49. The summed E-state index contributed by atoms with van der Waals surface area (Å²) in [4.78, 5) is 0. The lowest BCUT2D eigenvalue weighted by atomic mass is 9.81. The van der Waals surface area contributed by atoms with E-state index in [2.05, 4.69) is 5.32 Å². The van der Waals surface area contributed by atoms with Gasteiger partial charge in [0.05, 0.1) is 37.5 Å². The topological polar surface area (TPSA) is 154 Å². The molecule has 0 saturated carbocycles. The molecule has 8 nitrogen and oxygen atoms in total. The number of nitrogens with one attached hydrogen (secondary N) is 1. The van der Waals surface area contributed by atoms with Crippen LogP contribution in [0.4, 0.5) is 0 Å². The Morgan fingerprint density at radius 1 is 0.783 bits per heavy atom. The molecule has 0 aromatic heterocycles. The fourth-order valence-corrected chi connectivity index (χ4v) is 3.11. The smallest absolute Gasteiger partial charge is 0.111 e. The van der Waals surface area contributed by atoms with E-state index < -0.39 is 55.1 Å². The van der Waals surface area contributed by atoms with Crippen molar-refractivity contribution < 1.29 is 35.7 Å². The second kappa shape index (κ2) is 7.37. The van der Waals surface area contributed by atoms with Crippen LogP contribution in [-0.4, -0.2) is 91.6 Å². The molecular weight excluding hydrogens is 306 g/mol. The van der Waals surface area contributed by atoms with Crippen LogP contribution < -0.4 is 5.32 Å². The van der Waals surface area contributed by atoms with E-state index in [0.29, 0.717) is 5.57 Å². The minimum Gasteiger partial charge on any atom is -0.392 e. The number of hydrogen-bond acceptors (Lipinski definition) is 8. The van der Waals surface area contributed by atoms with Gasteiger partial charge in [-0.05, 0) is 11.1 Å². The minimum atomic E-state index is -1.48. The first-order valence-corrected chi connectivity index (χ1v) is 7.61. The van der Waals surface area contributed by atoms with E-state index in [1.54, 1.807) is 13.0 Å². The van der Waals surface area contributed by atoms with Gasteiger partial charge in [0, 0.05) is 5.92 Å². The second-order valence-electron chi connectivity index (χ2n) is 6.21. The molecule has 0 amide bonds. The van der Waals surface area contributed by atoms with E-state index in [-0.39, 0.29) is 12.2 Å². The molecular formula is C15H25NO7. The maximum atomic E-state index is 10.2. The van der Waals surface area contributed by atoms with Crippen molar-refractivity contribution in [1.29, 1.82) is 0 Å². The molecule has 0 saturated heterocycles. The van der Waals surface area contributed by atoms with E-state index in [4.69, 9.17) is 0 Å². The quantitative estimate of drug-likeness (QED) is 0.248. The van der Waals surface area contributed by atoms with Gasteiger partial charge in [-0.15, -0.1) is 0 Å². The van der Waals surface area contributed by atoms with Crippen molar-refractivity contribution in [3.05, 3.63) is 23.3 Å². The molecule has 0 aromatic carbocycles. The van der Waals surface area contributed by atoms with Gasteiger partial charge in [0.2, 0.25) is 0 Å². The fraction of sp³-hybridized carbons (Fsp3) is 0.733. The average Bonchev–Trinajstić information content (AvgIpc) is 2.55. The second-order valence-corrected chi connectivity index (χ2v) is 6.21. The normalized spacial score (nSPS) is 44.7. The Hall–Kier alpha value is -0.840. The number of rotatable bonds is 4. The highest BCUT2D eigenvalue weighted by Gasteiger charge is 2.41. The van der Waals surface area contributed by atoms with Gasteiger partial charge in [0.1, 0.15) is 18.3 Å². The van der Waals surface area contributed by atoms with Crippen LogP contribution in [0.5, 0.6) is 0 Å². The lowest BCUT2D eigenvalue weighted by molar-refractivity contribution is -0.0715. The highest BCUT2D eigenvalue weighted by Crippen LogP contribution is 2.27. The van der Waals surface area contributed by atoms with Gasteiger partial charge in [0.25, 0.3) is 0 Å². The monoisotopic (exact) mass is 331 g/mol. The van der Waals surface area contributed by atoms with E-state index in [1.165, 1.54) is 6.08 Å². The van der Waals surface area contributed by atoms with Gasteiger partial charge in [-0.2, -0.15) is 0 Å². The maximum Gasteiger partial charge on any atom is 0.111 e. The van der Waals surface area contributed by atoms with E-state index in [9.17, 15) is 35.7 Å². The first-order valence-electron chi connectivity index (χ1n) is 7.61. The molecule has 0 bridgehead atoms. The van der Waals surface area contributed by atoms with E-state index in [0.717, 1.165) is 0 Å². The van der Waals surface area contributed by atoms with Crippen LogP contribution in [0.25, 0.3) is 0 Å². The lowest BCUT2D eigenvalue weighted by Gasteiger charge is -2.40. The summed E-state index contributed by atoms with van der Waals surface area (Å²) in [5, 5.41) is 71.3. The van der Waals surface area contributed by atoms with Crippen LogP contribution in [0.3, 0.4) is 0 Å². The molecule has 0 aliphatic heterocycles. The van der Waals surface area contributed by atoms with Crippen LogP contribution in [0, 0.1) is 5.92 Å². The summed E-state index contributed by atoms with van der Waals surface area (Å²) >= 11 is 0. The van der Waals surface area contributed by atoms with Crippen molar-refractivity contribution in [2.75, 3.05) is 13.2 Å². The molecule has 0 fully saturated rings. The Kier molecular flexibility index (Phi) is 5.93. The number of hydrogen-bond donors (Lipinski definition) is 8. The Morgan fingerprint density at radius 3 is 1.78 bits per heavy atom. The average molecular weight is 331 g/mol. The highest BCUT2D eigenvalue weighted by molar-refractivity contribution is 5.25. The predicted octanol–water partition coefficient (Wildman–Crippen LogP) is -3.38. The molecule has 0 aromatic rings. The molecule has 2 aliphatic carbocycles. The van der Waals surface area contributed by atoms with E-state index >= 15 is 0 Å². The number of aliphatic hydroxyl groups excluding tert-OH is 7. The van der Waals surface area contributed by atoms with Gasteiger partial charge in [-0.3, -0.25) is 5.32 Å². The Bertz CT molecular complexity index is 438. The zero-order valence-electron chi connectivity index (χ0n) is 12.8. The summed E-state index contributed by atoms with van der Waals surface area (Å²) in [6.45, 7) is 0.939. The summed E-state index contributed by atoms with van der Waals surface area (Å²) in [6, 6.07) is -1.60. The van der Waals surface area contributed by atoms with Crippen LogP contribution >= 0.6 is 0 Å². The fourth-order valence-electron chi connectivity index (χ4n) is 3.11. The molecule has 2 rings (SSSR count).